The minimum atomic E-state index is -1.37. The number of carbonyl (C=O) groups excluding carboxylic acids is 1. The highest BCUT2D eigenvalue weighted by molar-refractivity contribution is 5.98. The molecule has 2 N–H and O–H groups in total. The first kappa shape index (κ1) is 17.7. The Morgan fingerprint density at radius 3 is 2.62 bits per heavy atom. The number of rotatable bonds is 7. The number of aromatic nitrogens is 1. The van der Waals surface area contributed by atoms with Gasteiger partial charge in [0, 0.05) is 5.39 Å². The topological polar surface area (TPSA) is 79.3 Å². The first-order valence-electron chi connectivity index (χ1n) is 7.90. The highest BCUT2D eigenvalue weighted by Gasteiger charge is 2.39. The molecule has 24 heavy (non-hydrogen) atoms. The predicted molar refractivity (Wildman–Crippen MR) is 93.8 cm³/mol. The number of amides is 1. The molecule has 5 nitrogen and oxygen atoms in total. The van der Waals surface area contributed by atoms with Crippen LogP contribution >= 0.6 is 0 Å². The molecule has 0 spiro atoms. The van der Waals surface area contributed by atoms with Gasteiger partial charge in [-0.2, -0.15) is 0 Å². The maximum Gasteiger partial charge on any atom is 0.329 e. The highest BCUT2D eigenvalue weighted by Crippen LogP contribution is 2.23. The summed E-state index contributed by atoms with van der Waals surface area (Å²) < 4.78 is 0. The summed E-state index contributed by atoms with van der Waals surface area (Å²) in [5, 5.41) is 13.3. The molecule has 1 amide bonds. The van der Waals surface area contributed by atoms with Gasteiger partial charge in [0.1, 0.15) is 11.2 Å². The Morgan fingerprint density at radius 1 is 1.29 bits per heavy atom. The van der Waals surface area contributed by atoms with Crippen molar-refractivity contribution >= 4 is 22.8 Å². The third-order valence-electron chi connectivity index (χ3n) is 3.84. The molecule has 1 heterocycles. The van der Waals surface area contributed by atoms with E-state index in [9.17, 15) is 14.7 Å². The summed E-state index contributed by atoms with van der Waals surface area (Å²) >= 11 is 0. The maximum absolute atomic E-state index is 12.6. The summed E-state index contributed by atoms with van der Waals surface area (Å²) in [6, 6.07) is 10.9. The van der Waals surface area contributed by atoms with Gasteiger partial charge in [0.2, 0.25) is 0 Å². The smallest absolute Gasteiger partial charge is 0.329 e. The number of para-hydroxylation sites is 1. The van der Waals surface area contributed by atoms with Gasteiger partial charge in [-0.05, 0) is 30.9 Å². The van der Waals surface area contributed by atoms with Crippen LogP contribution in [0.4, 0.5) is 0 Å². The monoisotopic (exact) mass is 326 g/mol. The van der Waals surface area contributed by atoms with Gasteiger partial charge in [-0.15, -0.1) is 6.58 Å². The molecule has 5 heteroatoms. The first-order valence-corrected chi connectivity index (χ1v) is 7.90. The van der Waals surface area contributed by atoms with E-state index >= 15 is 0 Å². The van der Waals surface area contributed by atoms with Gasteiger partial charge in [0.25, 0.3) is 5.91 Å². The van der Waals surface area contributed by atoms with Crippen molar-refractivity contribution in [2.75, 3.05) is 0 Å². The molecule has 0 saturated carbocycles. The number of carbonyl (C=O) groups is 2. The van der Waals surface area contributed by atoms with Crippen molar-refractivity contribution < 1.29 is 14.7 Å². The first-order chi connectivity index (χ1) is 11.4. The van der Waals surface area contributed by atoms with Gasteiger partial charge >= 0.3 is 5.97 Å². The maximum atomic E-state index is 12.6. The van der Waals surface area contributed by atoms with Crippen LogP contribution in [0.15, 0.2) is 49.1 Å². The van der Waals surface area contributed by atoms with Crippen LogP contribution in [0.5, 0.6) is 0 Å². The van der Waals surface area contributed by atoms with E-state index in [4.69, 9.17) is 0 Å². The van der Waals surface area contributed by atoms with Crippen molar-refractivity contribution in [2.24, 2.45) is 5.92 Å². The number of carboxylic acids is 1. The summed E-state index contributed by atoms with van der Waals surface area (Å²) in [5.41, 5.74) is -0.480. The SMILES string of the molecule is C=CCC(CC(C)C)(NC(=O)c1ccc2ccccc2n1)C(=O)O. The summed E-state index contributed by atoms with van der Waals surface area (Å²) in [6.07, 6.45) is 1.98. The Labute approximate surface area is 141 Å². The number of carboxylic acid groups (broad SMARTS) is 1. The second-order valence-electron chi connectivity index (χ2n) is 6.32. The molecule has 1 atom stereocenters. The zero-order valence-electron chi connectivity index (χ0n) is 14.0. The number of hydrogen-bond donors (Lipinski definition) is 2. The highest BCUT2D eigenvalue weighted by atomic mass is 16.4. The Kier molecular flexibility index (Phi) is 5.34. The van der Waals surface area contributed by atoms with Crippen molar-refractivity contribution in [2.45, 2.75) is 32.2 Å². The van der Waals surface area contributed by atoms with Crippen molar-refractivity contribution in [1.29, 1.82) is 0 Å². The third kappa shape index (κ3) is 3.79. The molecular formula is C19H22N2O3. The number of fused-ring (bicyclic) bond motifs is 1. The van der Waals surface area contributed by atoms with E-state index in [0.717, 1.165) is 5.39 Å². The van der Waals surface area contributed by atoms with Crippen LogP contribution in [-0.2, 0) is 4.79 Å². The number of hydrogen-bond acceptors (Lipinski definition) is 3. The molecular weight excluding hydrogens is 304 g/mol. The normalized spacial score (nSPS) is 13.5. The average molecular weight is 326 g/mol. The van der Waals surface area contributed by atoms with Gasteiger partial charge in [0.05, 0.1) is 5.52 Å². The zero-order valence-corrected chi connectivity index (χ0v) is 14.0. The lowest BCUT2D eigenvalue weighted by molar-refractivity contribution is -0.145. The van der Waals surface area contributed by atoms with E-state index in [-0.39, 0.29) is 18.0 Å². The van der Waals surface area contributed by atoms with Crippen LogP contribution in [0.2, 0.25) is 0 Å². The van der Waals surface area contributed by atoms with E-state index in [1.54, 1.807) is 12.1 Å². The lowest BCUT2D eigenvalue weighted by Crippen LogP contribution is -2.55. The molecule has 0 radical (unpaired) electrons. The number of pyridine rings is 1. The Morgan fingerprint density at radius 2 is 2.00 bits per heavy atom. The molecule has 0 saturated heterocycles. The lowest BCUT2D eigenvalue weighted by atomic mass is 9.85. The summed E-state index contributed by atoms with van der Waals surface area (Å²) in [7, 11) is 0. The van der Waals surface area contributed by atoms with E-state index in [0.29, 0.717) is 11.9 Å². The Hall–Kier alpha value is -2.69. The van der Waals surface area contributed by atoms with E-state index in [2.05, 4.69) is 16.9 Å². The van der Waals surface area contributed by atoms with Crippen LogP contribution < -0.4 is 5.32 Å². The quantitative estimate of drug-likeness (QED) is 0.764. The van der Waals surface area contributed by atoms with E-state index < -0.39 is 17.4 Å². The van der Waals surface area contributed by atoms with Crippen molar-refractivity contribution in [3.05, 3.63) is 54.7 Å². The number of aliphatic carboxylic acids is 1. The summed E-state index contributed by atoms with van der Waals surface area (Å²) in [6.45, 7) is 7.46. The molecule has 0 aliphatic heterocycles. The standard InChI is InChI=1S/C19H22N2O3/c1-4-11-19(18(23)24,12-13(2)3)21-17(22)16-10-9-14-7-5-6-8-15(14)20-16/h4-10,13H,1,11-12H2,2-3H3,(H,21,22)(H,23,24). The third-order valence-corrected chi connectivity index (χ3v) is 3.84. The second kappa shape index (κ2) is 7.25. The lowest BCUT2D eigenvalue weighted by Gasteiger charge is -2.31. The summed E-state index contributed by atoms with van der Waals surface area (Å²) in [4.78, 5) is 28.8. The van der Waals surface area contributed by atoms with Gasteiger partial charge in [-0.3, -0.25) is 4.79 Å². The van der Waals surface area contributed by atoms with Gasteiger partial charge in [0.15, 0.2) is 0 Å². The molecule has 1 aromatic heterocycles. The predicted octanol–water partition coefficient (Wildman–Crippen LogP) is 3.41. The van der Waals surface area contributed by atoms with Crippen LogP contribution in [0.3, 0.4) is 0 Å². The average Bonchev–Trinajstić information content (AvgIpc) is 2.53. The van der Waals surface area contributed by atoms with Crippen LogP contribution in [0, 0.1) is 5.92 Å². The number of nitrogens with one attached hydrogen (secondary N) is 1. The molecule has 2 rings (SSSR count). The molecule has 0 fully saturated rings. The molecule has 0 aliphatic carbocycles. The molecule has 0 aliphatic rings. The molecule has 2 aromatic rings. The van der Waals surface area contributed by atoms with Gasteiger partial charge in [-0.25, -0.2) is 9.78 Å². The summed E-state index contributed by atoms with van der Waals surface area (Å²) in [5.74, 6) is -1.46. The fourth-order valence-corrected chi connectivity index (χ4v) is 2.83. The van der Waals surface area contributed by atoms with Crippen molar-refractivity contribution in [3.63, 3.8) is 0 Å². The number of benzene rings is 1. The van der Waals surface area contributed by atoms with Crippen LogP contribution in [0.25, 0.3) is 10.9 Å². The van der Waals surface area contributed by atoms with E-state index in [1.807, 2.05) is 38.1 Å². The van der Waals surface area contributed by atoms with Gasteiger partial charge < -0.3 is 10.4 Å². The van der Waals surface area contributed by atoms with Crippen LogP contribution in [0.1, 0.15) is 37.2 Å². The second-order valence-corrected chi connectivity index (χ2v) is 6.32. The molecule has 1 aromatic carbocycles. The minimum absolute atomic E-state index is 0.103. The largest absolute Gasteiger partial charge is 0.479 e. The Balaban J connectivity index is 2.34. The molecule has 0 bridgehead atoms. The molecule has 1 unspecified atom stereocenters. The van der Waals surface area contributed by atoms with Crippen molar-refractivity contribution in [1.82, 2.24) is 10.3 Å². The molecule has 126 valence electrons. The zero-order chi connectivity index (χ0) is 17.7. The number of nitrogens with zero attached hydrogens (tertiary/aromatic N) is 1. The fraction of sp³-hybridized carbons (Fsp3) is 0.316. The van der Waals surface area contributed by atoms with Gasteiger partial charge in [-0.1, -0.05) is 44.2 Å². The minimum Gasteiger partial charge on any atom is -0.479 e. The van der Waals surface area contributed by atoms with Crippen molar-refractivity contribution in [3.8, 4) is 0 Å². The Bertz CT molecular complexity index is 770. The van der Waals surface area contributed by atoms with Crippen LogP contribution in [-0.4, -0.2) is 27.5 Å². The van der Waals surface area contributed by atoms with E-state index in [1.165, 1.54) is 6.08 Å². The fourth-order valence-electron chi connectivity index (χ4n) is 2.83.